The molecule has 27 heavy (non-hydrogen) atoms. The molecule has 1 aliphatic heterocycles. The van der Waals surface area contributed by atoms with E-state index in [0.29, 0.717) is 37.9 Å². The third kappa shape index (κ3) is 7.71. The van der Waals surface area contributed by atoms with E-state index in [9.17, 15) is 20.2 Å². The van der Waals surface area contributed by atoms with E-state index in [1.54, 1.807) is 23.5 Å². The van der Waals surface area contributed by atoms with Crippen molar-refractivity contribution in [3.8, 4) is 0 Å². The maximum Gasteiger partial charge on any atom is 0.301 e. The van der Waals surface area contributed by atoms with E-state index in [1.807, 2.05) is 0 Å². The van der Waals surface area contributed by atoms with Crippen molar-refractivity contribution in [2.24, 2.45) is 5.10 Å². The molecular weight excluding hydrogens is 396 g/mol. The molecule has 0 aliphatic carbocycles. The summed E-state index contributed by atoms with van der Waals surface area (Å²) in [5.74, 6) is 2.93. The monoisotopic (exact) mass is 416 g/mol. The van der Waals surface area contributed by atoms with Gasteiger partial charge >= 0.3 is 5.69 Å². The highest BCUT2D eigenvalue weighted by atomic mass is 32.2. The maximum atomic E-state index is 11.2. The molecule has 1 saturated heterocycles. The highest BCUT2D eigenvalue weighted by Crippen LogP contribution is 2.29. The number of hydrogen-bond donors (Lipinski definition) is 1. The number of benzene rings is 1. The van der Waals surface area contributed by atoms with E-state index in [-0.39, 0.29) is 17.1 Å². The number of nitro groups is 2. The van der Waals surface area contributed by atoms with Gasteiger partial charge in [0.2, 0.25) is 0 Å². The van der Waals surface area contributed by atoms with Crippen LogP contribution in [0.5, 0.6) is 0 Å². The van der Waals surface area contributed by atoms with Crippen LogP contribution in [0.4, 0.5) is 17.1 Å². The molecule has 0 saturated carbocycles. The molecule has 0 aromatic heterocycles. The third-order valence-corrected chi connectivity index (χ3v) is 5.36. The van der Waals surface area contributed by atoms with Crippen LogP contribution in [0.25, 0.3) is 0 Å². The lowest BCUT2D eigenvalue weighted by atomic mass is 10.2. The Morgan fingerprint density at radius 1 is 0.963 bits per heavy atom. The van der Waals surface area contributed by atoms with Crippen LogP contribution in [-0.4, -0.2) is 65.0 Å². The Morgan fingerprint density at radius 3 is 2.15 bits per heavy atom. The molecular formula is C15H20N4O6S2. The first-order valence-electron chi connectivity index (χ1n) is 8.13. The Hall–Kier alpha value is -1.89. The van der Waals surface area contributed by atoms with Crippen LogP contribution in [0.15, 0.2) is 23.3 Å². The Balaban J connectivity index is 2.07. The first-order chi connectivity index (χ1) is 13.1. The van der Waals surface area contributed by atoms with Gasteiger partial charge in [0.05, 0.1) is 48.1 Å². The van der Waals surface area contributed by atoms with Gasteiger partial charge in [0, 0.05) is 29.1 Å². The minimum atomic E-state index is -0.671. The van der Waals surface area contributed by atoms with E-state index in [4.69, 9.17) is 9.47 Å². The number of hydrogen-bond acceptors (Lipinski definition) is 10. The molecule has 0 spiro atoms. The molecule has 0 bridgehead atoms. The lowest BCUT2D eigenvalue weighted by Crippen LogP contribution is -2.11. The standard InChI is InChI=1S/C15H20N4O6S2/c20-18(21)13-1-2-14(15(9-13)19(22)23)17-16-12-10-26-7-5-24-3-4-25-6-8-27-11-12/h1-2,9,17H,3-8,10-11H2. The van der Waals surface area contributed by atoms with Crippen molar-refractivity contribution in [3.05, 3.63) is 38.4 Å². The minimum absolute atomic E-state index is 0.114. The van der Waals surface area contributed by atoms with Crippen LogP contribution >= 0.6 is 23.5 Å². The Labute approximate surface area is 164 Å². The number of nitrogens with zero attached hydrogens (tertiary/aromatic N) is 3. The second-order valence-electron chi connectivity index (χ2n) is 5.34. The van der Waals surface area contributed by atoms with Gasteiger partial charge in [0.15, 0.2) is 0 Å². The Kier molecular flexibility index (Phi) is 9.31. The fourth-order valence-corrected chi connectivity index (χ4v) is 3.76. The summed E-state index contributed by atoms with van der Waals surface area (Å²) in [6.45, 7) is 2.40. The number of thioether (sulfide) groups is 2. The van der Waals surface area contributed by atoms with Gasteiger partial charge in [-0.3, -0.25) is 25.7 Å². The highest BCUT2D eigenvalue weighted by Gasteiger charge is 2.19. The third-order valence-electron chi connectivity index (χ3n) is 3.38. The Bertz CT molecular complexity index is 672. The molecule has 1 heterocycles. The lowest BCUT2D eigenvalue weighted by Gasteiger charge is -2.08. The summed E-state index contributed by atoms with van der Waals surface area (Å²) in [6, 6.07) is 3.42. The van der Waals surface area contributed by atoms with Gasteiger partial charge in [-0.2, -0.15) is 28.6 Å². The van der Waals surface area contributed by atoms with Crippen molar-refractivity contribution >= 4 is 46.3 Å². The number of nitro benzene ring substituents is 2. The smallest absolute Gasteiger partial charge is 0.301 e. The van der Waals surface area contributed by atoms with Gasteiger partial charge < -0.3 is 9.47 Å². The van der Waals surface area contributed by atoms with Crippen LogP contribution in [0.1, 0.15) is 0 Å². The lowest BCUT2D eigenvalue weighted by molar-refractivity contribution is -0.393. The summed E-state index contributed by atoms with van der Waals surface area (Å²) in [4.78, 5) is 20.7. The fraction of sp³-hybridized carbons (Fsp3) is 0.533. The van der Waals surface area contributed by atoms with Gasteiger partial charge in [-0.25, -0.2) is 0 Å². The number of hydrazone groups is 1. The molecule has 0 unspecified atom stereocenters. The number of non-ortho nitro benzene ring substituents is 1. The largest absolute Gasteiger partial charge is 0.378 e. The van der Waals surface area contributed by atoms with Crippen LogP contribution in [-0.2, 0) is 9.47 Å². The second-order valence-corrected chi connectivity index (χ2v) is 7.55. The number of rotatable bonds is 4. The molecule has 0 amide bonds. The summed E-state index contributed by atoms with van der Waals surface area (Å²) in [6.07, 6.45) is 0. The summed E-state index contributed by atoms with van der Waals surface area (Å²) in [5.41, 5.74) is 2.91. The normalized spacial score (nSPS) is 17.1. The van der Waals surface area contributed by atoms with Crippen LogP contribution in [0.2, 0.25) is 0 Å². The van der Waals surface area contributed by atoms with Crippen molar-refractivity contribution in [2.75, 3.05) is 54.9 Å². The average molecular weight is 416 g/mol. The van der Waals surface area contributed by atoms with Gasteiger partial charge in [-0.05, 0) is 6.07 Å². The number of ether oxygens (including phenoxy) is 2. The topological polar surface area (TPSA) is 129 Å². The molecule has 2 rings (SSSR count). The summed E-state index contributed by atoms with van der Waals surface area (Å²) >= 11 is 3.32. The van der Waals surface area contributed by atoms with Crippen LogP contribution < -0.4 is 5.43 Å². The number of nitrogens with one attached hydrogen (secondary N) is 1. The maximum absolute atomic E-state index is 11.2. The predicted molar refractivity (Wildman–Crippen MR) is 107 cm³/mol. The van der Waals surface area contributed by atoms with E-state index < -0.39 is 9.85 Å². The summed E-state index contributed by atoms with van der Waals surface area (Å²) in [7, 11) is 0. The molecule has 1 fully saturated rings. The van der Waals surface area contributed by atoms with Crippen molar-refractivity contribution in [2.45, 2.75) is 0 Å². The molecule has 1 aromatic rings. The van der Waals surface area contributed by atoms with Crippen LogP contribution in [0.3, 0.4) is 0 Å². The number of anilines is 1. The molecule has 1 N–H and O–H groups in total. The fourth-order valence-electron chi connectivity index (χ4n) is 2.06. The van der Waals surface area contributed by atoms with Crippen molar-refractivity contribution in [1.82, 2.24) is 0 Å². The van der Waals surface area contributed by atoms with Crippen molar-refractivity contribution in [3.63, 3.8) is 0 Å². The zero-order valence-corrected chi connectivity index (χ0v) is 16.1. The average Bonchev–Trinajstić information content (AvgIpc) is 2.67. The molecule has 0 radical (unpaired) electrons. The first kappa shape index (κ1) is 21.4. The Morgan fingerprint density at radius 2 is 1.59 bits per heavy atom. The van der Waals surface area contributed by atoms with E-state index in [1.165, 1.54) is 12.1 Å². The van der Waals surface area contributed by atoms with E-state index >= 15 is 0 Å². The molecule has 12 heteroatoms. The zero-order chi connectivity index (χ0) is 19.5. The predicted octanol–water partition coefficient (Wildman–Crippen LogP) is 2.78. The summed E-state index contributed by atoms with van der Waals surface area (Å²) in [5, 5.41) is 26.3. The van der Waals surface area contributed by atoms with Gasteiger partial charge in [-0.1, -0.05) is 0 Å². The molecule has 1 aliphatic rings. The zero-order valence-electron chi connectivity index (χ0n) is 14.5. The van der Waals surface area contributed by atoms with Crippen LogP contribution in [0, 0.1) is 20.2 Å². The molecule has 10 nitrogen and oxygen atoms in total. The van der Waals surface area contributed by atoms with E-state index in [2.05, 4.69) is 10.5 Å². The van der Waals surface area contributed by atoms with Gasteiger partial charge in [0.25, 0.3) is 5.69 Å². The molecule has 1 aromatic carbocycles. The van der Waals surface area contributed by atoms with Crippen molar-refractivity contribution < 1.29 is 19.3 Å². The summed E-state index contributed by atoms with van der Waals surface area (Å²) < 4.78 is 10.9. The van der Waals surface area contributed by atoms with E-state index in [0.717, 1.165) is 23.3 Å². The second kappa shape index (κ2) is 11.7. The van der Waals surface area contributed by atoms with Gasteiger partial charge in [0.1, 0.15) is 5.69 Å². The minimum Gasteiger partial charge on any atom is -0.378 e. The SMILES string of the molecule is O=[N+]([O-])c1ccc(NN=C2CSCCOCCOCCSC2)c([N+](=O)[O-])c1. The molecule has 0 atom stereocenters. The van der Waals surface area contributed by atoms with Crippen molar-refractivity contribution in [1.29, 1.82) is 0 Å². The first-order valence-corrected chi connectivity index (χ1v) is 10.4. The van der Waals surface area contributed by atoms with Gasteiger partial charge in [-0.15, -0.1) is 0 Å². The molecule has 148 valence electrons. The quantitative estimate of drug-likeness (QED) is 0.581. The highest BCUT2D eigenvalue weighted by molar-refractivity contribution is 8.01.